The Balaban J connectivity index is 1.74. The number of alkyl halides is 3. The van der Waals surface area contributed by atoms with Crippen LogP contribution in [0, 0.1) is 0 Å². The molecule has 0 saturated carbocycles. The minimum Gasteiger partial charge on any atom is -0.493 e. The summed E-state index contributed by atoms with van der Waals surface area (Å²) < 4.78 is 75.9. The molecule has 184 valence electrons. The van der Waals surface area contributed by atoms with Crippen LogP contribution in [0.2, 0.25) is 0 Å². The number of methoxy groups -OCH3 is 2. The van der Waals surface area contributed by atoms with Crippen LogP contribution in [0.4, 0.5) is 13.2 Å². The molecule has 0 aliphatic carbocycles. The zero-order chi connectivity index (χ0) is 25.4. The Hall–Kier alpha value is -3.60. The fourth-order valence-electron chi connectivity index (χ4n) is 3.80. The highest BCUT2D eigenvalue weighted by atomic mass is 32.2. The van der Waals surface area contributed by atoms with Crippen LogP contribution in [-0.4, -0.2) is 38.1 Å². The zero-order valence-corrected chi connectivity index (χ0v) is 19.8. The number of hydrogen-bond donors (Lipinski definition) is 0. The van der Waals surface area contributed by atoms with Gasteiger partial charge in [0.05, 0.1) is 19.7 Å². The van der Waals surface area contributed by atoms with Gasteiger partial charge >= 0.3 is 15.6 Å². The van der Waals surface area contributed by atoms with Crippen molar-refractivity contribution >= 4 is 31.8 Å². The Labute approximate surface area is 199 Å². The van der Waals surface area contributed by atoms with Crippen molar-refractivity contribution < 1.29 is 35.2 Å². The van der Waals surface area contributed by atoms with Crippen LogP contribution in [0.5, 0.6) is 17.2 Å². The Morgan fingerprint density at radius 3 is 2.23 bits per heavy atom. The number of aryl methyl sites for hydroxylation is 1. The molecule has 11 heteroatoms. The monoisotopic (exact) mass is 506 g/mol. The highest BCUT2D eigenvalue weighted by Crippen LogP contribution is 2.36. The van der Waals surface area contributed by atoms with Gasteiger partial charge in [0, 0.05) is 35.3 Å². The molecule has 0 radical (unpaired) electrons. The first-order valence-electron chi connectivity index (χ1n) is 10.5. The molecule has 7 nitrogen and oxygen atoms in total. The summed E-state index contributed by atoms with van der Waals surface area (Å²) in [6.07, 6.45) is 4.55. The van der Waals surface area contributed by atoms with Gasteiger partial charge in [-0.1, -0.05) is 6.92 Å². The molecule has 0 N–H and O–H groups in total. The van der Waals surface area contributed by atoms with Crippen molar-refractivity contribution in [2.24, 2.45) is 0 Å². The third kappa shape index (κ3) is 4.81. The van der Waals surface area contributed by atoms with Crippen LogP contribution in [0.25, 0.3) is 21.7 Å². The van der Waals surface area contributed by atoms with Gasteiger partial charge in [-0.25, -0.2) is 0 Å². The minimum atomic E-state index is -5.77. The van der Waals surface area contributed by atoms with E-state index in [1.165, 1.54) is 12.1 Å². The fourth-order valence-corrected chi connectivity index (χ4v) is 4.25. The quantitative estimate of drug-likeness (QED) is 0.252. The molecule has 0 saturated heterocycles. The van der Waals surface area contributed by atoms with E-state index in [4.69, 9.17) is 9.47 Å². The van der Waals surface area contributed by atoms with Gasteiger partial charge in [-0.3, -0.25) is 9.97 Å². The molecule has 0 aliphatic heterocycles. The molecule has 0 aliphatic rings. The third-order valence-electron chi connectivity index (χ3n) is 5.49. The largest absolute Gasteiger partial charge is 0.534 e. The third-order valence-corrected chi connectivity index (χ3v) is 6.46. The number of rotatable bonds is 7. The van der Waals surface area contributed by atoms with E-state index >= 15 is 0 Å². The summed E-state index contributed by atoms with van der Waals surface area (Å²) in [6.45, 7) is 2.00. The molecular weight excluding hydrogens is 485 g/mol. The lowest BCUT2D eigenvalue weighted by molar-refractivity contribution is -0.0500. The van der Waals surface area contributed by atoms with Crippen LogP contribution in [0.3, 0.4) is 0 Å². The lowest BCUT2D eigenvalue weighted by Crippen LogP contribution is -2.28. The van der Waals surface area contributed by atoms with Crippen LogP contribution >= 0.6 is 0 Å². The Kier molecular flexibility index (Phi) is 6.46. The van der Waals surface area contributed by atoms with Crippen molar-refractivity contribution in [3.8, 4) is 17.2 Å². The van der Waals surface area contributed by atoms with E-state index in [2.05, 4.69) is 14.2 Å². The van der Waals surface area contributed by atoms with Crippen LogP contribution in [-0.2, 0) is 23.0 Å². The number of fused-ring (bicyclic) bond motifs is 2. The average Bonchev–Trinajstić information content (AvgIpc) is 2.82. The maximum absolute atomic E-state index is 12.7. The number of pyridine rings is 2. The summed E-state index contributed by atoms with van der Waals surface area (Å²) in [7, 11) is -2.66. The van der Waals surface area contributed by atoms with Gasteiger partial charge < -0.3 is 13.7 Å². The molecule has 2 aromatic heterocycles. The predicted molar refractivity (Wildman–Crippen MR) is 124 cm³/mol. The second-order valence-corrected chi connectivity index (χ2v) is 9.23. The molecule has 4 rings (SSSR count). The van der Waals surface area contributed by atoms with Gasteiger partial charge in [-0.05, 0) is 59.3 Å². The van der Waals surface area contributed by atoms with Gasteiger partial charge in [0.15, 0.2) is 11.5 Å². The van der Waals surface area contributed by atoms with Crippen molar-refractivity contribution in [1.82, 2.24) is 9.97 Å². The normalized spacial score (nSPS) is 12.2. The minimum absolute atomic E-state index is 0.415. The Morgan fingerprint density at radius 1 is 0.914 bits per heavy atom. The standard InChI is InChI=1S/C24H21F3N2O5S/c1-4-20-19-11-23(33-3)22(32-2)10-18(19)16(13-29-20)8-14-7-15-9-17(5-6-21(15)28-12-14)34-35(30,31)24(25,26)27/h5-7,9-13H,4,8H2,1-3H3. The SMILES string of the molecule is CCc1ncc(Cc2cnc3ccc(OS(=O)(=O)C(F)(F)F)cc3c2)c2cc(OC)c(OC)cc12. The highest BCUT2D eigenvalue weighted by Gasteiger charge is 2.48. The van der Waals surface area contributed by atoms with Crippen LogP contribution in [0.15, 0.2) is 48.8 Å². The molecule has 0 amide bonds. The topological polar surface area (TPSA) is 87.6 Å². The zero-order valence-electron chi connectivity index (χ0n) is 19.0. The van der Waals surface area contributed by atoms with E-state index in [-0.39, 0.29) is 0 Å². The highest BCUT2D eigenvalue weighted by molar-refractivity contribution is 7.88. The van der Waals surface area contributed by atoms with Crippen molar-refractivity contribution in [2.75, 3.05) is 14.2 Å². The predicted octanol–water partition coefficient (Wildman–Crippen LogP) is 5.18. The molecule has 0 atom stereocenters. The summed E-state index contributed by atoms with van der Waals surface area (Å²) in [5.41, 5.74) is -2.53. The Morgan fingerprint density at radius 2 is 1.60 bits per heavy atom. The first-order chi connectivity index (χ1) is 16.6. The smallest absolute Gasteiger partial charge is 0.493 e. The van der Waals surface area contributed by atoms with E-state index in [1.807, 2.05) is 19.1 Å². The maximum atomic E-state index is 12.7. The van der Waals surface area contributed by atoms with Crippen molar-refractivity contribution in [1.29, 1.82) is 0 Å². The molecule has 0 bridgehead atoms. The number of nitrogens with zero attached hydrogens (tertiary/aromatic N) is 2. The molecule has 0 fully saturated rings. The van der Waals surface area contributed by atoms with Crippen LogP contribution < -0.4 is 13.7 Å². The number of benzene rings is 2. The fraction of sp³-hybridized carbons (Fsp3) is 0.250. The van der Waals surface area contributed by atoms with E-state index in [1.54, 1.807) is 32.7 Å². The molecule has 2 heterocycles. The van der Waals surface area contributed by atoms with Gasteiger partial charge in [0.2, 0.25) is 0 Å². The summed E-state index contributed by atoms with van der Waals surface area (Å²) in [5, 5.41) is 2.27. The first-order valence-corrected chi connectivity index (χ1v) is 11.9. The molecular formula is C24H21F3N2O5S. The second-order valence-electron chi connectivity index (χ2n) is 7.69. The van der Waals surface area contributed by atoms with Gasteiger partial charge in [-0.15, -0.1) is 0 Å². The number of ether oxygens (including phenoxy) is 2. The lowest BCUT2D eigenvalue weighted by atomic mass is 9.98. The van der Waals surface area contributed by atoms with Crippen molar-refractivity contribution in [2.45, 2.75) is 25.3 Å². The van der Waals surface area contributed by atoms with Crippen molar-refractivity contribution in [3.05, 3.63) is 65.6 Å². The summed E-state index contributed by atoms with van der Waals surface area (Å²) in [6, 6.07) is 9.21. The molecule has 0 unspecified atom stereocenters. The van der Waals surface area contributed by atoms with E-state index in [0.717, 1.165) is 33.7 Å². The maximum Gasteiger partial charge on any atom is 0.534 e. The number of aromatic nitrogens is 2. The molecule has 2 aromatic carbocycles. The van der Waals surface area contributed by atoms with E-state index < -0.39 is 21.4 Å². The number of hydrogen-bond acceptors (Lipinski definition) is 7. The molecule has 35 heavy (non-hydrogen) atoms. The molecule has 4 aromatic rings. The van der Waals surface area contributed by atoms with Gasteiger partial charge in [0.25, 0.3) is 0 Å². The summed E-state index contributed by atoms with van der Waals surface area (Å²) in [4.78, 5) is 8.93. The first kappa shape index (κ1) is 24.5. The van der Waals surface area contributed by atoms with Crippen LogP contribution in [0.1, 0.15) is 23.7 Å². The van der Waals surface area contributed by atoms with E-state index in [9.17, 15) is 21.6 Å². The molecule has 0 spiro atoms. The second kappa shape index (κ2) is 9.21. The summed E-state index contributed by atoms with van der Waals surface area (Å²) >= 11 is 0. The van der Waals surface area contributed by atoms with Gasteiger partial charge in [-0.2, -0.15) is 21.6 Å². The van der Waals surface area contributed by atoms with Crippen molar-refractivity contribution in [3.63, 3.8) is 0 Å². The van der Waals surface area contributed by atoms with E-state index in [0.29, 0.717) is 35.2 Å². The summed E-state index contributed by atoms with van der Waals surface area (Å²) in [5.74, 6) is 0.700. The Bertz CT molecular complexity index is 1520. The number of halogens is 3. The average molecular weight is 507 g/mol. The van der Waals surface area contributed by atoms with Gasteiger partial charge in [0.1, 0.15) is 5.75 Å². The lowest BCUT2D eigenvalue weighted by Gasteiger charge is -2.14.